The highest BCUT2D eigenvalue weighted by Crippen LogP contribution is 2.19. The van der Waals surface area contributed by atoms with E-state index in [9.17, 15) is 0 Å². The molecule has 0 saturated heterocycles. The number of aromatic nitrogens is 3. The van der Waals surface area contributed by atoms with E-state index in [0.717, 1.165) is 12.1 Å². The topological polar surface area (TPSA) is 50.7 Å². The van der Waals surface area contributed by atoms with Crippen molar-refractivity contribution >= 4 is 34.8 Å². The molecule has 0 spiro atoms. The zero-order valence-corrected chi connectivity index (χ0v) is 17.7. The summed E-state index contributed by atoms with van der Waals surface area (Å²) >= 11 is 11.6. The minimum absolute atomic E-state index is 0.0824. The van der Waals surface area contributed by atoms with Gasteiger partial charge in [-0.3, -0.25) is 0 Å². The van der Waals surface area contributed by atoms with Gasteiger partial charge in [0.05, 0.1) is 0 Å². The largest absolute Gasteiger partial charge is 0.324 e. The minimum atomic E-state index is 0.0824. The fourth-order valence-electron chi connectivity index (χ4n) is 3.13. The highest BCUT2D eigenvalue weighted by atomic mass is 35.5. The molecule has 1 heterocycles. The fourth-order valence-corrected chi connectivity index (χ4v) is 3.50. The smallest absolute Gasteiger partial charge is 0.232 e. The SMILES string of the molecule is CCCCCCCCCCCCc1cccc(Nc2nc(Cl)nc(Cl)n2)c1. The number of halogens is 2. The molecule has 0 aliphatic carbocycles. The summed E-state index contributed by atoms with van der Waals surface area (Å²) in [5, 5.41) is 3.30. The van der Waals surface area contributed by atoms with E-state index >= 15 is 0 Å². The number of nitrogens with zero attached hydrogens (tertiary/aromatic N) is 3. The summed E-state index contributed by atoms with van der Waals surface area (Å²) < 4.78 is 0. The molecule has 0 aliphatic rings. The van der Waals surface area contributed by atoms with E-state index in [-0.39, 0.29) is 10.6 Å². The second kappa shape index (κ2) is 12.9. The van der Waals surface area contributed by atoms with Gasteiger partial charge in [0, 0.05) is 5.69 Å². The van der Waals surface area contributed by atoms with Crippen LogP contribution in [0.2, 0.25) is 10.6 Å². The van der Waals surface area contributed by atoms with Gasteiger partial charge >= 0.3 is 0 Å². The number of hydrogen-bond donors (Lipinski definition) is 1. The van der Waals surface area contributed by atoms with Crippen LogP contribution < -0.4 is 5.32 Å². The molecule has 2 aromatic rings. The lowest BCUT2D eigenvalue weighted by molar-refractivity contribution is 0.556. The summed E-state index contributed by atoms with van der Waals surface area (Å²) in [4.78, 5) is 11.8. The maximum Gasteiger partial charge on any atom is 0.232 e. The third-order valence-corrected chi connectivity index (χ3v) is 4.92. The molecule has 0 atom stereocenters. The van der Waals surface area contributed by atoms with Gasteiger partial charge in [-0.1, -0.05) is 76.8 Å². The molecule has 2 rings (SSSR count). The summed E-state index contributed by atoms with van der Waals surface area (Å²) in [5.74, 6) is 0.357. The first kappa shape index (κ1) is 21.9. The lowest BCUT2D eigenvalue weighted by atomic mass is 10.0. The average molecular weight is 409 g/mol. The Balaban J connectivity index is 1.65. The van der Waals surface area contributed by atoms with E-state index in [1.54, 1.807) is 0 Å². The Morgan fingerprint density at radius 1 is 0.778 bits per heavy atom. The van der Waals surface area contributed by atoms with E-state index in [1.165, 1.54) is 69.8 Å². The number of hydrogen-bond acceptors (Lipinski definition) is 4. The first-order chi connectivity index (χ1) is 13.2. The Hall–Kier alpha value is -1.39. The molecule has 0 unspecified atom stereocenters. The van der Waals surface area contributed by atoms with Crippen LogP contribution in [0.4, 0.5) is 11.6 Å². The van der Waals surface area contributed by atoms with E-state index in [4.69, 9.17) is 23.2 Å². The number of unbranched alkanes of at least 4 members (excludes halogenated alkanes) is 9. The van der Waals surface area contributed by atoms with Crippen molar-refractivity contribution in [3.8, 4) is 0 Å². The normalized spacial score (nSPS) is 10.9. The van der Waals surface area contributed by atoms with Crippen LogP contribution >= 0.6 is 23.2 Å². The maximum atomic E-state index is 5.81. The molecule has 0 saturated carbocycles. The Morgan fingerprint density at radius 3 is 2.00 bits per heavy atom. The van der Waals surface area contributed by atoms with Crippen LogP contribution in [0, 0.1) is 0 Å². The van der Waals surface area contributed by atoms with Crippen molar-refractivity contribution in [2.24, 2.45) is 0 Å². The van der Waals surface area contributed by atoms with Gasteiger partial charge in [0.1, 0.15) is 0 Å². The van der Waals surface area contributed by atoms with Crippen LogP contribution in [-0.2, 0) is 6.42 Å². The van der Waals surface area contributed by atoms with Crippen LogP contribution in [0.15, 0.2) is 24.3 Å². The van der Waals surface area contributed by atoms with Crippen LogP contribution in [-0.4, -0.2) is 15.0 Å². The molecule has 1 aromatic carbocycles. The summed E-state index contributed by atoms with van der Waals surface area (Å²) in [7, 11) is 0. The zero-order valence-electron chi connectivity index (χ0n) is 16.2. The highest BCUT2D eigenvalue weighted by molar-refractivity contribution is 6.31. The molecule has 4 nitrogen and oxygen atoms in total. The summed E-state index contributed by atoms with van der Waals surface area (Å²) in [5.41, 5.74) is 2.24. The third-order valence-electron chi connectivity index (χ3n) is 4.58. The Morgan fingerprint density at radius 2 is 1.37 bits per heavy atom. The molecule has 0 fully saturated rings. The van der Waals surface area contributed by atoms with Gasteiger partial charge in [0.15, 0.2) is 0 Å². The highest BCUT2D eigenvalue weighted by Gasteiger charge is 2.04. The molecule has 0 bridgehead atoms. The van der Waals surface area contributed by atoms with Gasteiger partial charge < -0.3 is 5.32 Å². The Kier molecular flexibility index (Phi) is 10.5. The molecule has 6 heteroatoms. The van der Waals surface area contributed by atoms with Crippen LogP contribution in [0.3, 0.4) is 0 Å². The lowest BCUT2D eigenvalue weighted by Gasteiger charge is -2.08. The lowest BCUT2D eigenvalue weighted by Crippen LogP contribution is -2.00. The number of rotatable bonds is 13. The molecule has 0 amide bonds. The average Bonchev–Trinajstić information content (AvgIpc) is 2.63. The zero-order chi connectivity index (χ0) is 19.3. The Labute approximate surface area is 173 Å². The molecule has 1 N–H and O–H groups in total. The first-order valence-electron chi connectivity index (χ1n) is 10.1. The van der Waals surface area contributed by atoms with Gasteiger partial charge in [0.25, 0.3) is 0 Å². The Bertz CT molecular complexity index is 659. The fraction of sp³-hybridized carbons (Fsp3) is 0.571. The van der Waals surface area contributed by atoms with Crippen molar-refractivity contribution in [2.75, 3.05) is 5.32 Å². The molecule has 148 valence electrons. The monoisotopic (exact) mass is 408 g/mol. The second-order valence-corrected chi connectivity index (χ2v) is 7.63. The number of anilines is 2. The molecular formula is C21H30Cl2N4. The molecule has 0 aliphatic heterocycles. The van der Waals surface area contributed by atoms with E-state index in [2.05, 4.69) is 39.3 Å². The summed E-state index contributed by atoms with van der Waals surface area (Å²) in [6.07, 6.45) is 14.6. The molecule has 1 aromatic heterocycles. The molecule has 27 heavy (non-hydrogen) atoms. The number of aryl methyl sites for hydroxylation is 1. The van der Waals surface area contributed by atoms with Gasteiger partial charge in [-0.15, -0.1) is 0 Å². The van der Waals surface area contributed by atoms with Gasteiger partial charge in [-0.05, 0) is 53.7 Å². The third kappa shape index (κ3) is 9.39. The van der Waals surface area contributed by atoms with Gasteiger partial charge in [-0.2, -0.15) is 15.0 Å². The van der Waals surface area contributed by atoms with E-state index in [1.807, 2.05) is 12.1 Å². The van der Waals surface area contributed by atoms with Crippen molar-refractivity contribution < 1.29 is 0 Å². The number of benzene rings is 1. The van der Waals surface area contributed by atoms with E-state index in [0.29, 0.717) is 5.95 Å². The maximum absolute atomic E-state index is 5.81. The molecule has 0 radical (unpaired) electrons. The summed E-state index contributed by atoms with van der Waals surface area (Å²) in [6.45, 7) is 2.27. The minimum Gasteiger partial charge on any atom is -0.324 e. The standard InChI is InChI=1S/C21H30Cl2N4/c1-2-3-4-5-6-7-8-9-10-11-13-17-14-12-15-18(16-17)24-21-26-19(22)25-20(23)27-21/h12,14-16H,2-11,13H2,1H3,(H,24,25,26,27). The number of nitrogens with one attached hydrogen (secondary N) is 1. The van der Waals surface area contributed by atoms with Crippen LogP contribution in [0.5, 0.6) is 0 Å². The first-order valence-corrected chi connectivity index (χ1v) is 10.9. The van der Waals surface area contributed by atoms with Crippen LogP contribution in [0.1, 0.15) is 76.7 Å². The quantitative estimate of drug-likeness (QED) is 0.351. The van der Waals surface area contributed by atoms with Crippen molar-refractivity contribution in [1.29, 1.82) is 0 Å². The van der Waals surface area contributed by atoms with Crippen molar-refractivity contribution in [3.05, 3.63) is 40.4 Å². The van der Waals surface area contributed by atoms with Gasteiger partial charge in [0.2, 0.25) is 16.5 Å². The van der Waals surface area contributed by atoms with Crippen molar-refractivity contribution in [2.45, 2.75) is 77.6 Å². The second-order valence-electron chi connectivity index (χ2n) is 6.95. The molecular weight excluding hydrogens is 379 g/mol. The van der Waals surface area contributed by atoms with Crippen molar-refractivity contribution in [1.82, 2.24) is 15.0 Å². The predicted octanol–water partition coefficient (Wildman–Crippen LogP) is 7.39. The van der Waals surface area contributed by atoms with Crippen molar-refractivity contribution in [3.63, 3.8) is 0 Å². The van der Waals surface area contributed by atoms with Gasteiger partial charge in [-0.25, -0.2) is 0 Å². The van der Waals surface area contributed by atoms with E-state index < -0.39 is 0 Å². The predicted molar refractivity (Wildman–Crippen MR) is 115 cm³/mol. The van der Waals surface area contributed by atoms with Crippen LogP contribution in [0.25, 0.3) is 0 Å². The summed E-state index contributed by atoms with van der Waals surface area (Å²) in [6, 6.07) is 8.30.